The first-order valence-corrected chi connectivity index (χ1v) is 6.27. The van der Waals surface area contributed by atoms with E-state index in [0.29, 0.717) is 12.1 Å². The topological polar surface area (TPSA) is 49.4 Å². The zero-order valence-electron chi connectivity index (χ0n) is 11.3. The van der Waals surface area contributed by atoms with E-state index in [1.807, 2.05) is 6.92 Å². The molecule has 4 nitrogen and oxygen atoms in total. The van der Waals surface area contributed by atoms with Crippen molar-refractivity contribution in [3.05, 3.63) is 35.6 Å². The Bertz CT molecular complexity index is 449. The van der Waals surface area contributed by atoms with Crippen LogP contribution in [0.3, 0.4) is 0 Å². The van der Waals surface area contributed by atoms with Crippen LogP contribution in [0, 0.1) is 5.82 Å². The fourth-order valence-electron chi connectivity index (χ4n) is 1.62. The maximum Gasteiger partial charge on any atom is 0.234 e. The van der Waals surface area contributed by atoms with Gasteiger partial charge >= 0.3 is 0 Å². The molecule has 1 aromatic rings. The van der Waals surface area contributed by atoms with Crippen LogP contribution < -0.4 is 5.32 Å². The lowest BCUT2D eigenvalue weighted by Crippen LogP contribution is -2.37. The molecule has 0 spiro atoms. The van der Waals surface area contributed by atoms with Gasteiger partial charge in [-0.15, -0.1) is 0 Å². The van der Waals surface area contributed by atoms with Gasteiger partial charge < -0.3 is 5.32 Å². The molecule has 0 unspecified atom stereocenters. The molecule has 19 heavy (non-hydrogen) atoms. The van der Waals surface area contributed by atoms with E-state index in [9.17, 15) is 14.0 Å². The molecule has 0 aromatic heterocycles. The Morgan fingerprint density at radius 3 is 2.68 bits per heavy atom. The predicted octanol–water partition coefficient (Wildman–Crippen LogP) is 1.47. The van der Waals surface area contributed by atoms with Gasteiger partial charge in [-0.3, -0.25) is 14.5 Å². The van der Waals surface area contributed by atoms with Crippen molar-refractivity contribution in [1.29, 1.82) is 0 Å². The third-order valence-corrected chi connectivity index (χ3v) is 2.55. The minimum Gasteiger partial charge on any atom is -0.355 e. The second-order valence-corrected chi connectivity index (χ2v) is 4.46. The predicted molar refractivity (Wildman–Crippen MR) is 71.5 cm³/mol. The van der Waals surface area contributed by atoms with Crippen LogP contribution in [0.15, 0.2) is 24.3 Å². The summed E-state index contributed by atoms with van der Waals surface area (Å²) in [6, 6.07) is 5.55. The molecule has 0 aliphatic carbocycles. The van der Waals surface area contributed by atoms with E-state index in [1.165, 1.54) is 18.2 Å². The average Bonchev–Trinajstić information content (AvgIpc) is 2.36. The lowest BCUT2D eigenvalue weighted by Gasteiger charge is -2.15. The third kappa shape index (κ3) is 5.61. The minimum atomic E-state index is -0.436. The minimum absolute atomic E-state index is 0.0863. The maximum absolute atomic E-state index is 13.0. The molecule has 0 aliphatic heterocycles. The van der Waals surface area contributed by atoms with Crippen LogP contribution in [0.4, 0.5) is 4.39 Å². The summed E-state index contributed by atoms with van der Waals surface area (Å²) < 4.78 is 13.0. The second-order valence-electron chi connectivity index (χ2n) is 4.46. The van der Waals surface area contributed by atoms with Gasteiger partial charge in [0.2, 0.25) is 5.91 Å². The SMILES string of the molecule is CCCNC(=O)CN(C)CC(=O)c1cccc(F)c1. The van der Waals surface area contributed by atoms with E-state index in [0.717, 1.165) is 6.42 Å². The summed E-state index contributed by atoms with van der Waals surface area (Å²) in [5.41, 5.74) is 0.320. The first-order valence-electron chi connectivity index (χ1n) is 6.27. The Balaban J connectivity index is 2.46. The molecule has 1 rings (SSSR count). The summed E-state index contributed by atoms with van der Waals surface area (Å²) in [5, 5.41) is 2.73. The third-order valence-electron chi connectivity index (χ3n) is 2.55. The Morgan fingerprint density at radius 2 is 2.05 bits per heavy atom. The van der Waals surface area contributed by atoms with Crippen molar-refractivity contribution in [2.75, 3.05) is 26.7 Å². The van der Waals surface area contributed by atoms with Crippen LogP contribution >= 0.6 is 0 Å². The lowest BCUT2D eigenvalue weighted by molar-refractivity contribution is -0.121. The van der Waals surface area contributed by atoms with Crippen LogP contribution in [-0.4, -0.2) is 43.3 Å². The average molecular weight is 266 g/mol. The molecule has 1 N–H and O–H groups in total. The summed E-state index contributed by atoms with van der Waals surface area (Å²) in [6.07, 6.45) is 0.873. The number of nitrogens with one attached hydrogen (secondary N) is 1. The number of likely N-dealkylation sites (N-methyl/N-ethyl adjacent to an activating group) is 1. The van der Waals surface area contributed by atoms with Crippen molar-refractivity contribution in [2.24, 2.45) is 0 Å². The fraction of sp³-hybridized carbons (Fsp3) is 0.429. The summed E-state index contributed by atoms with van der Waals surface area (Å²) in [7, 11) is 1.68. The number of benzene rings is 1. The highest BCUT2D eigenvalue weighted by Gasteiger charge is 2.12. The molecule has 0 fully saturated rings. The van der Waals surface area contributed by atoms with Gasteiger partial charge in [0.1, 0.15) is 5.82 Å². The van der Waals surface area contributed by atoms with Crippen LogP contribution in [0.25, 0.3) is 0 Å². The van der Waals surface area contributed by atoms with E-state index >= 15 is 0 Å². The standard InChI is InChI=1S/C14H19FN2O2/c1-3-7-16-14(19)10-17(2)9-13(18)11-5-4-6-12(15)8-11/h4-6,8H,3,7,9-10H2,1-2H3,(H,16,19). The van der Waals surface area contributed by atoms with Crippen LogP contribution in [0.2, 0.25) is 0 Å². The van der Waals surface area contributed by atoms with E-state index in [-0.39, 0.29) is 24.8 Å². The molecular formula is C14H19FN2O2. The molecule has 0 bridgehead atoms. The molecule has 5 heteroatoms. The van der Waals surface area contributed by atoms with Crippen LogP contribution in [0.1, 0.15) is 23.7 Å². The molecule has 1 amide bonds. The van der Waals surface area contributed by atoms with E-state index in [2.05, 4.69) is 5.32 Å². The van der Waals surface area contributed by atoms with Crippen molar-refractivity contribution in [2.45, 2.75) is 13.3 Å². The zero-order valence-corrected chi connectivity index (χ0v) is 11.3. The Labute approximate surface area is 112 Å². The smallest absolute Gasteiger partial charge is 0.234 e. The molecule has 0 aliphatic rings. The van der Waals surface area contributed by atoms with Gasteiger partial charge in [0.05, 0.1) is 13.1 Å². The molecule has 0 saturated carbocycles. The van der Waals surface area contributed by atoms with Crippen molar-refractivity contribution in [3.8, 4) is 0 Å². The quantitative estimate of drug-likeness (QED) is 0.760. The van der Waals surface area contributed by atoms with Gasteiger partial charge in [0, 0.05) is 12.1 Å². The molecule has 104 valence electrons. The fourth-order valence-corrected chi connectivity index (χ4v) is 1.62. The zero-order chi connectivity index (χ0) is 14.3. The van der Waals surface area contributed by atoms with Crippen LogP contribution in [-0.2, 0) is 4.79 Å². The lowest BCUT2D eigenvalue weighted by atomic mass is 10.1. The number of halogens is 1. The van der Waals surface area contributed by atoms with E-state index < -0.39 is 5.82 Å². The number of carbonyl (C=O) groups is 2. The number of hydrogen-bond acceptors (Lipinski definition) is 3. The Morgan fingerprint density at radius 1 is 1.32 bits per heavy atom. The molecule has 0 saturated heterocycles. The second kappa shape index (κ2) is 7.63. The van der Waals surface area contributed by atoms with Crippen molar-refractivity contribution in [3.63, 3.8) is 0 Å². The first kappa shape index (κ1) is 15.3. The number of Topliss-reactive ketones (excluding diaryl/α,β-unsaturated/α-hetero) is 1. The number of carbonyl (C=O) groups excluding carboxylic acids is 2. The monoisotopic (exact) mass is 266 g/mol. The van der Waals surface area contributed by atoms with Crippen molar-refractivity contribution >= 4 is 11.7 Å². The van der Waals surface area contributed by atoms with Gasteiger partial charge in [-0.2, -0.15) is 0 Å². The number of hydrogen-bond donors (Lipinski definition) is 1. The van der Waals surface area contributed by atoms with Crippen molar-refractivity contribution in [1.82, 2.24) is 10.2 Å². The molecule has 0 radical (unpaired) electrons. The van der Waals surface area contributed by atoms with Crippen LogP contribution in [0.5, 0.6) is 0 Å². The number of nitrogens with zero attached hydrogens (tertiary/aromatic N) is 1. The molecule has 1 aromatic carbocycles. The van der Waals surface area contributed by atoms with Gasteiger partial charge in [0.25, 0.3) is 0 Å². The van der Waals surface area contributed by atoms with Gasteiger partial charge in [0.15, 0.2) is 5.78 Å². The maximum atomic E-state index is 13.0. The van der Waals surface area contributed by atoms with Gasteiger partial charge in [-0.05, 0) is 25.6 Å². The number of amides is 1. The Kier molecular flexibility index (Phi) is 6.15. The largest absolute Gasteiger partial charge is 0.355 e. The summed E-state index contributed by atoms with van der Waals surface area (Å²) in [5.74, 6) is -0.754. The first-order chi connectivity index (χ1) is 9.02. The Hall–Kier alpha value is -1.75. The van der Waals surface area contributed by atoms with Crippen molar-refractivity contribution < 1.29 is 14.0 Å². The highest BCUT2D eigenvalue weighted by atomic mass is 19.1. The van der Waals surface area contributed by atoms with E-state index in [4.69, 9.17) is 0 Å². The highest BCUT2D eigenvalue weighted by molar-refractivity contribution is 5.97. The summed E-state index contributed by atoms with van der Waals surface area (Å²) in [6.45, 7) is 2.84. The molecule has 0 heterocycles. The number of rotatable bonds is 7. The van der Waals surface area contributed by atoms with Gasteiger partial charge in [-0.1, -0.05) is 19.1 Å². The van der Waals surface area contributed by atoms with E-state index in [1.54, 1.807) is 18.0 Å². The normalized spacial score (nSPS) is 10.5. The summed E-state index contributed by atoms with van der Waals surface area (Å²) in [4.78, 5) is 24.9. The molecular weight excluding hydrogens is 247 g/mol. The number of ketones is 1. The highest BCUT2D eigenvalue weighted by Crippen LogP contribution is 2.05. The summed E-state index contributed by atoms with van der Waals surface area (Å²) >= 11 is 0. The van der Waals surface area contributed by atoms with Gasteiger partial charge in [-0.25, -0.2) is 4.39 Å². The molecule has 0 atom stereocenters.